The molecule has 1 aliphatic rings. The van der Waals surface area contributed by atoms with E-state index in [1.807, 2.05) is 31.2 Å². The van der Waals surface area contributed by atoms with E-state index >= 15 is 0 Å². The third kappa shape index (κ3) is 7.83. The number of hydrogen-bond donors (Lipinski definition) is 1. The lowest BCUT2D eigenvalue weighted by atomic mass is 10.1. The van der Waals surface area contributed by atoms with Crippen LogP contribution in [0.25, 0.3) is 0 Å². The Morgan fingerprint density at radius 1 is 1.00 bits per heavy atom. The normalized spacial score (nSPS) is 14.5. The molecule has 0 radical (unpaired) electrons. The fraction of sp³-hybridized carbons (Fsp3) is 0.333. The van der Waals surface area contributed by atoms with Crippen molar-refractivity contribution in [3.05, 3.63) is 92.4 Å². The van der Waals surface area contributed by atoms with E-state index in [1.165, 1.54) is 35.2 Å². The lowest BCUT2D eigenvalue weighted by Gasteiger charge is -2.32. The number of sulfonamides is 1. The average Bonchev–Trinajstić information content (AvgIpc) is 3.44. The predicted octanol–water partition coefficient (Wildman–Crippen LogP) is 6.74. The number of benzene rings is 3. The van der Waals surface area contributed by atoms with Gasteiger partial charge in [-0.15, -0.1) is 0 Å². The highest BCUT2D eigenvalue weighted by atomic mass is 79.9. The summed E-state index contributed by atoms with van der Waals surface area (Å²) in [6, 6.07) is 17.4. The van der Waals surface area contributed by atoms with Crippen LogP contribution in [-0.2, 0) is 26.2 Å². The molecule has 0 unspecified atom stereocenters. The Hall–Kier alpha value is -2.59. The Balaban J connectivity index is 1.70. The van der Waals surface area contributed by atoms with Crippen molar-refractivity contribution in [3.8, 4) is 0 Å². The van der Waals surface area contributed by atoms with Gasteiger partial charge < -0.3 is 10.2 Å². The summed E-state index contributed by atoms with van der Waals surface area (Å²) in [6.45, 7) is 3.08. The van der Waals surface area contributed by atoms with Crippen LogP contribution in [0.1, 0.15) is 43.7 Å². The Morgan fingerprint density at radius 3 is 2.32 bits per heavy atom. The summed E-state index contributed by atoms with van der Waals surface area (Å²) in [6.07, 6.45) is 3.90. The molecule has 1 fully saturated rings. The minimum Gasteiger partial charge on any atom is -0.352 e. The summed E-state index contributed by atoms with van der Waals surface area (Å²) in [5.74, 6) is -0.816. The number of amides is 2. The molecule has 1 saturated carbocycles. The van der Waals surface area contributed by atoms with Gasteiger partial charge in [0.15, 0.2) is 0 Å². The van der Waals surface area contributed by atoms with Gasteiger partial charge >= 0.3 is 0 Å². The molecule has 3 aromatic rings. The zero-order valence-corrected chi connectivity index (χ0v) is 26.7. The number of carbonyl (C=O) groups is 2. The third-order valence-electron chi connectivity index (χ3n) is 7.19. The second-order valence-electron chi connectivity index (χ2n) is 10.2. The summed E-state index contributed by atoms with van der Waals surface area (Å²) in [5, 5.41) is 3.47. The predicted molar refractivity (Wildman–Crippen MR) is 167 cm³/mol. The lowest BCUT2D eigenvalue weighted by Crippen LogP contribution is -2.52. The van der Waals surface area contributed by atoms with Gasteiger partial charge in [-0.05, 0) is 74.7 Å². The second-order valence-corrected chi connectivity index (χ2v) is 13.8. The van der Waals surface area contributed by atoms with E-state index in [0.29, 0.717) is 0 Å². The SMILES string of the molecule is Cc1ccc(S(=O)(=O)N(CC(=O)N(Cc2cccc(Br)c2)[C@@H](C)C(=O)NC2CCCC2)c2ccc(Cl)c(Cl)c2)cc1. The standard InChI is InChI=1S/C30H32BrCl2N3O4S/c1-20-10-13-26(14-11-20)41(39,40)36(25-12-15-27(32)28(33)17-25)19-29(37)35(18-22-6-5-7-23(31)16-22)21(2)30(38)34-24-8-3-4-9-24/h5-7,10-17,21,24H,3-4,8-9,18-19H2,1-2H3,(H,34,38)/t21-/m0/s1. The minimum absolute atomic E-state index is 0.0209. The molecular weight excluding hydrogens is 649 g/mol. The van der Waals surface area contributed by atoms with E-state index < -0.39 is 28.5 Å². The fourth-order valence-electron chi connectivity index (χ4n) is 4.81. The Morgan fingerprint density at radius 2 is 1.68 bits per heavy atom. The van der Waals surface area contributed by atoms with Crippen molar-refractivity contribution in [2.24, 2.45) is 0 Å². The summed E-state index contributed by atoms with van der Waals surface area (Å²) < 4.78 is 29.7. The van der Waals surface area contributed by atoms with Crippen LogP contribution in [0.3, 0.4) is 0 Å². The number of halogens is 3. The fourth-order valence-corrected chi connectivity index (χ4v) is 6.96. The number of aryl methyl sites for hydroxylation is 1. The number of hydrogen-bond acceptors (Lipinski definition) is 4. The van der Waals surface area contributed by atoms with Crippen molar-refractivity contribution in [1.82, 2.24) is 10.2 Å². The zero-order valence-electron chi connectivity index (χ0n) is 22.8. The van der Waals surface area contributed by atoms with Gasteiger partial charge in [0.2, 0.25) is 11.8 Å². The first-order chi connectivity index (χ1) is 19.5. The monoisotopic (exact) mass is 679 g/mol. The van der Waals surface area contributed by atoms with Gasteiger partial charge in [-0.25, -0.2) is 8.42 Å². The smallest absolute Gasteiger partial charge is 0.264 e. The van der Waals surface area contributed by atoms with Crippen LogP contribution in [0.5, 0.6) is 0 Å². The molecule has 0 bridgehead atoms. The maximum absolute atomic E-state index is 14.1. The molecule has 11 heteroatoms. The average molecular weight is 681 g/mol. The largest absolute Gasteiger partial charge is 0.352 e. The molecule has 1 aliphatic carbocycles. The van der Waals surface area contributed by atoms with E-state index in [1.54, 1.807) is 19.1 Å². The maximum Gasteiger partial charge on any atom is 0.264 e. The van der Waals surface area contributed by atoms with Gasteiger partial charge in [-0.3, -0.25) is 13.9 Å². The Bertz CT molecular complexity index is 1510. The molecule has 0 spiro atoms. The number of carbonyl (C=O) groups excluding carboxylic acids is 2. The van der Waals surface area contributed by atoms with E-state index in [4.69, 9.17) is 23.2 Å². The quantitative estimate of drug-likeness (QED) is 0.257. The molecule has 0 heterocycles. The first-order valence-electron chi connectivity index (χ1n) is 13.3. The van der Waals surface area contributed by atoms with Crippen LogP contribution in [0.15, 0.2) is 76.1 Å². The number of rotatable bonds is 10. The van der Waals surface area contributed by atoms with Crippen LogP contribution in [0.4, 0.5) is 5.69 Å². The molecule has 41 heavy (non-hydrogen) atoms. The second kappa shape index (κ2) is 13.6. The van der Waals surface area contributed by atoms with E-state index in [9.17, 15) is 18.0 Å². The van der Waals surface area contributed by atoms with Crippen LogP contribution < -0.4 is 9.62 Å². The van der Waals surface area contributed by atoms with Gasteiger partial charge in [0.25, 0.3) is 10.0 Å². The molecule has 0 aromatic heterocycles. The van der Waals surface area contributed by atoms with Crippen LogP contribution in [0.2, 0.25) is 10.0 Å². The van der Waals surface area contributed by atoms with Crippen molar-refractivity contribution >= 4 is 66.7 Å². The first-order valence-corrected chi connectivity index (χ1v) is 16.3. The number of nitrogens with zero attached hydrogens (tertiary/aromatic N) is 2. The lowest BCUT2D eigenvalue weighted by molar-refractivity contribution is -0.139. The topological polar surface area (TPSA) is 86.8 Å². The van der Waals surface area contributed by atoms with Crippen molar-refractivity contribution < 1.29 is 18.0 Å². The van der Waals surface area contributed by atoms with E-state index in [-0.39, 0.29) is 39.1 Å². The van der Waals surface area contributed by atoms with Gasteiger partial charge in [0.05, 0.1) is 20.6 Å². The summed E-state index contributed by atoms with van der Waals surface area (Å²) in [5.41, 5.74) is 1.86. The molecule has 0 saturated heterocycles. The molecule has 1 atom stereocenters. The summed E-state index contributed by atoms with van der Waals surface area (Å²) in [4.78, 5) is 28.8. The van der Waals surface area contributed by atoms with Crippen molar-refractivity contribution in [1.29, 1.82) is 0 Å². The molecule has 218 valence electrons. The highest BCUT2D eigenvalue weighted by molar-refractivity contribution is 9.10. The molecule has 4 rings (SSSR count). The molecule has 0 aliphatic heterocycles. The van der Waals surface area contributed by atoms with Crippen molar-refractivity contribution in [3.63, 3.8) is 0 Å². The Kier molecular flexibility index (Phi) is 10.4. The van der Waals surface area contributed by atoms with Crippen molar-refractivity contribution in [2.45, 2.75) is 63.1 Å². The highest BCUT2D eigenvalue weighted by Gasteiger charge is 2.33. The molecular formula is C30H32BrCl2N3O4S. The van der Waals surface area contributed by atoms with Gasteiger partial charge in [0, 0.05) is 17.1 Å². The highest BCUT2D eigenvalue weighted by Crippen LogP contribution is 2.31. The van der Waals surface area contributed by atoms with Gasteiger partial charge in [-0.2, -0.15) is 0 Å². The van der Waals surface area contributed by atoms with E-state index in [2.05, 4.69) is 21.2 Å². The number of anilines is 1. The summed E-state index contributed by atoms with van der Waals surface area (Å²) >= 11 is 15.8. The Labute approximate surface area is 260 Å². The third-order valence-corrected chi connectivity index (χ3v) is 10.2. The maximum atomic E-state index is 14.1. The van der Waals surface area contributed by atoms with Crippen LogP contribution in [-0.4, -0.2) is 43.8 Å². The van der Waals surface area contributed by atoms with Crippen LogP contribution in [0, 0.1) is 6.92 Å². The molecule has 3 aromatic carbocycles. The van der Waals surface area contributed by atoms with Gasteiger partial charge in [-0.1, -0.05) is 81.8 Å². The van der Waals surface area contributed by atoms with Crippen molar-refractivity contribution in [2.75, 3.05) is 10.8 Å². The van der Waals surface area contributed by atoms with Crippen LogP contribution >= 0.6 is 39.1 Å². The minimum atomic E-state index is -4.20. The zero-order chi connectivity index (χ0) is 29.7. The van der Waals surface area contributed by atoms with Gasteiger partial charge in [0.1, 0.15) is 12.6 Å². The molecule has 2 amide bonds. The number of nitrogens with one attached hydrogen (secondary N) is 1. The molecule has 1 N–H and O–H groups in total. The molecule has 7 nitrogen and oxygen atoms in total. The van der Waals surface area contributed by atoms with E-state index in [0.717, 1.165) is 45.6 Å². The summed E-state index contributed by atoms with van der Waals surface area (Å²) in [7, 11) is -4.20. The first kappa shape index (κ1) is 31.3.